The second-order valence-electron chi connectivity index (χ2n) is 4.49. The summed E-state index contributed by atoms with van der Waals surface area (Å²) in [4.78, 5) is 12.0. The minimum absolute atomic E-state index is 0.263. The summed E-state index contributed by atoms with van der Waals surface area (Å²) in [6, 6.07) is 14.0. The van der Waals surface area contributed by atoms with Gasteiger partial charge in [0.1, 0.15) is 5.75 Å². The molecule has 2 aromatic rings. The number of carbonyl (C=O) groups excluding carboxylic acids is 1. The average molecular weight is 306 g/mol. The maximum absolute atomic E-state index is 12.0. The predicted octanol–water partition coefficient (Wildman–Crippen LogP) is 2.70. The molecule has 21 heavy (non-hydrogen) atoms. The zero-order valence-corrected chi connectivity index (χ0v) is 12.3. The van der Waals surface area contributed by atoms with Crippen LogP contribution in [-0.2, 0) is 11.3 Å². The molecule has 0 fully saturated rings. The summed E-state index contributed by atoms with van der Waals surface area (Å²) in [5.41, 5.74) is 1.27. The van der Waals surface area contributed by atoms with Crippen LogP contribution >= 0.6 is 11.6 Å². The average Bonchev–Trinajstić information content (AvgIpc) is 2.53. The second kappa shape index (κ2) is 7.11. The van der Waals surface area contributed by atoms with Gasteiger partial charge in [-0.1, -0.05) is 41.9 Å². The molecule has 0 saturated heterocycles. The van der Waals surface area contributed by atoms with Crippen LogP contribution in [0.3, 0.4) is 0 Å². The summed E-state index contributed by atoms with van der Waals surface area (Å²) < 4.78 is 5.07. The van der Waals surface area contributed by atoms with Gasteiger partial charge in [0.15, 0.2) is 6.10 Å². The number of benzene rings is 2. The highest BCUT2D eigenvalue weighted by Gasteiger charge is 2.17. The standard InChI is InChI=1S/C16H16ClNO3/c1-21-13-7-4-6-11(9-13)15(19)16(20)18-10-12-5-2-3-8-14(12)17/h2-9,15,19H,10H2,1H3,(H,18,20). The molecule has 4 nitrogen and oxygen atoms in total. The lowest BCUT2D eigenvalue weighted by atomic mass is 10.1. The summed E-state index contributed by atoms with van der Waals surface area (Å²) in [5, 5.41) is 13.3. The number of halogens is 1. The Labute approximate surface area is 128 Å². The van der Waals surface area contributed by atoms with Crippen LogP contribution in [0.25, 0.3) is 0 Å². The molecule has 0 heterocycles. The van der Waals surface area contributed by atoms with Gasteiger partial charge in [0.2, 0.25) is 0 Å². The molecule has 1 atom stereocenters. The van der Waals surface area contributed by atoms with Crippen molar-refractivity contribution in [3.8, 4) is 5.75 Å². The van der Waals surface area contributed by atoms with Crippen molar-refractivity contribution >= 4 is 17.5 Å². The highest BCUT2D eigenvalue weighted by molar-refractivity contribution is 6.31. The first-order valence-corrected chi connectivity index (χ1v) is 6.82. The lowest BCUT2D eigenvalue weighted by Gasteiger charge is -2.13. The van der Waals surface area contributed by atoms with Gasteiger partial charge in [0.05, 0.1) is 7.11 Å². The van der Waals surface area contributed by atoms with Crippen molar-refractivity contribution in [3.63, 3.8) is 0 Å². The van der Waals surface area contributed by atoms with E-state index in [4.69, 9.17) is 16.3 Å². The number of carbonyl (C=O) groups is 1. The highest BCUT2D eigenvalue weighted by atomic mass is 35.5. The van der Waals surface area contributed by atoms with Crippen LogP contribution < -0.4 is 10.1 Å². The monoisotopic (exact) mass is 305 g/mol. The van der Waals surface area contributed by atoms with E-state index in [1.54, 1.807) is 30.3 Å². The number of rotatable bonds is 5. The van der Waals surface area contributed by atoms with Gasteiger partial charge < -0.3 is 15.2 Å². The van der Waals surface area contributed by atoms with Crippen molar-refractivity contribution in [2.24, 2.45) is 0 Å². The fourth-order valence-corrected chi connectivity index (χ4v) is 2.09. The fraction of sp³-hybridized carbons (Fsp3) is 0.188. The van der Waals surface area contributed by atoms with Crippen LogP contribution in [0.2, 0.25) is 5.02 Å². The summed E-state index contributed by atoms with van der Waals surface area (Å²) in [7, 11) is 1.53. The van der Waals surface area contributed by atoms with Gasteiger partial charge >= 0.3 is 0 Å². The van der Waals surface area contributed by atoms with E-state index in [-0.39, 0.29) is 6.54 Å². The van der Waals surface area contributed by atoms with Gasteiger partial charge in [-0.05, 0) is 29.3 Å². The summed E-state index contributed by atoms with van der Waals surface area (Å²) in [6.07, 6.45) is -1.25. The molecule has 2 aromatic carbocycles. The molecule has 0 saturated carbocycles. The highest BCUT2D eigenvalue weighted by Crippen LogP contribution is 2.20. The van der Waals surface area contributed by atoms with E-state index in [0.717, 1.165) is 5.56 Å². The van der Waals surface area contributed by atoms with Crippen molar-refractivity contribution < 1.29 is 14.6 Å². The predicted molar refractivity (Wildman–Crippen MR) is 81.3 cm³/mol. The van der Waals surface area contributed by atoms with E-state index in [1.165, 1.54) is 7.11 Å². The maximum Gasteiger partial charge on any atom is 0.253 e. The molecule has 5 heteroatoms. The van der Waals surface area contributed by atoms with E-state index in [9.17, 15) is 9.90 Å². The molecule has 0 spiro atoms. The van der Waals surface area contributed by atoms with Crippen LogP contribution in [0.5, 0.6) is 5.75 Å². The fourth-order valence-electron chi connectivity index (χ4n) is 1.88. The lowest BCUT2D eigenvalue weighted by Crippen LogP contribution is -2.28. The quantitative estimate of drug-likeness (QED) is 0.893. The van der Waals surface area contributed by atoms with Gasteiger partial charge in [0, 0.05) is 11.6 Å². The summed E-state index contributed by atoms with van der Waals surface area (Å²) >= 11 is 6.01. The summed E-state index contributed by atoms with van der Waals surface area (Å²) in [5.74, 6) is 0.105. The minimum Gasteiger partial charge on any atom is -0.497 e. The zero-order chi connectivity index (χ0) is 15.2. The number of methoxy groups -OCH3 is 1. The molecule has 1 amide bonds. The SMILES string of the molecule is COc1cccc(C(O)C(=O)NCc2ccccc2Cl)c1. The van der Waals surface area contributed by atoms with Crippen molar-refractivity contribution in [3.05, 3.63) is 64.7 Å². The summed E-state index contributed by atoms with van der Waals surface area (Å²) in [6.45, 7) is 0.263. The molecule has 0 aromatic heterocycles. The first kappa shape index (κ1) is 15.4. The zero-order valence-electron chi connectivity index (χ0n) is 11.5. The van der Waals surface area contributed by atoms with Crippen LogP contribution in [0, 0.1) is 0 Å². The third-order valence-electron chi connectivity index (χ3n) is 3.07. The van der Waals surface area contributed by atoms with Gasteiger partial charge in [-0.15, -0.1) is 0 Å². The minimum atomic E-state index is -1.25. The van der Waals surface area contributed by atoms with Crippen LogP contribution in [0.4, 0.5) is 0 Å². The van der Waals surface area contributed by atoms with Crippen LogP contribution in [0.15, 0.2) is 48.5 Å². The maximum atomic E-state index is 12.0. The normalized spacial score (nSPS) is 11.8. The van der Waals surface area contributed by atoms with Gasteiger partial charge in [-0.2, -0.15) is 0 Å². The largest absolute Gasteiger partial charge is 0.497 e. The molecule has 0 bridgehead atoms. The van der Waals surface area contributed by atoms with Crippen molar-refractivity contribution in [1.29, 1.82) is 0 Å². The van der Waals surface area contributed by atoms with Crippen molar-refractivity contribution in [2.45, 2.75) is 12.6 Å². The Bertz CT molecular complexity index is 630. The van der Waals surface area contributed by atoms with E-state index in [1.807, 2.05) is 18.2 Å². The van der Waals surface area contributed by atoms with E-state index >= 15 is 0 Å². The Kier molecular flexibility index (Phi) is 5.20. The first-order chi connectivity index (χ1) is 10.1. The molecular formula is C16H16ClNO3. The second-order valence-corrected chi connectivity index (χ2v) is 4.90. The molecule has 0 aliphatic heterocycles. The van der Waals surface area contributed by atoms with Gasteiger partial charge in [-0.3, -0.25) is 4.79 Å². The van der Waals surface area contributed by atoms with E-state index in [2.05, 4.69) is 5.32 Å². The molecular weight excluding hydrogens is 290 g/mol. The number of hydrogen-bond acceptors (Lipinski definition) is 3. The lowest BCUT2D eigenvalue weighted by molar-refractivity contribution is -0.129. The van der Waals surface area contributed by atoms with Gasteiger partial charge in [-0.25, -0.2) is 0 Å². The van der Waals surface area contributed by atoms with Crippen LogP contribution in [0.1, 0.15) is 17.2 Å². The van der Waals surface area contributed by atoms with E-state index in [0.29, 0.717) is 16.3 Å². The Hall–Kier alpha value is -2.04. The molecule has 0 aliphatic rings. The van der Waals surface area contributed by atoms with E-state index < -0.39 is 12.0 Å². The van der Waals surface area contributed by atoms with Crippen molar-refractivity contribution in [2.75, 3.05) is 7.11 Å². The number of ether oxygens (including phenoxy) is 1. The Balaban J connectivity index is 2.01. The molecule has 110 valence electrons. The Morgan fingerprint density at radius 2 is 2.05 bits per heavy atom. The number of hydrogen-bond donors (Lipinski definition) is 2. The number of aliphatic hydroxyl groups is 1. The Morgan fingerprint density at radius 1 is 1.29 bits per heavy atom. The topological polar surface area (TPSA) is 58.6 Å². The Morgan fingerprint density at radius 3 is 2.76 bits per heavy atom. The number of nitrogens with one attached hydrogen (secondary N) is 1. The number of aliphatic hydroxyl groups excluding tert-OH is 1. The third kappa shape index (κ3) is 3.97. The molecule has 1 unspecified atom stereocenters. The first-order valence-electron chi connectivity index (χ1n) is 6.45. The molecule has 0 radical (unpaired) electrons. The molecule has 2 rings (SSSR count). The molecule has 0 aliphatic carbocycles. The smallest absolute Gasteiger partial charge is 0.253 e. The van der Waals surface area contributed by atoms with Gasteiger partial charge in [0.25, 0.3) is 5.91 Å². The van der Waals surface area contributed by atoms with Crippen LogP contribution in [-0.4, -0.2) is 18.1 Å². The van der Waals surface area contributed by atoms with Crippen molar-refractivity contribution in [1.82, 2.24) is 5.32 Å². The molecule has 2 N–H and O–H groups in total. The number of amides is 1. The third-order valence-corrected chi connectivity index (χ3v) is 3.44.